The molecule has 2 atom stereocenters. The van der Waals surface area contributed by atoms with Gasteiger partial charge in [0, 0.05) is 67.5 Å². The molecule has 1 fully saturated rings. The standard InChI is InChI=1S/C59H97ClN6O18S/c1-72-54-44-48(6-4-16-60)11-14-53(54)58(70)64-18-5-17-63-57(69)50-12-9-49(10-13-50)46-65-56(68)15-20-73-22-24-75-26-28-77-30-32-79-34-36-81-38-40-83-42-43-84-41-39-82-37-35-80-33-31-78-29-27-76-25-23-74-21-19-62-55(67)8-3-2-7-52-45-51(47-85-52)66-59(61)71/h9-14,44,51-52H,2-8,15-43,45-47H2,1H3,(H,62,67)(H,63,69)(H,64,70)(H,65,68)(H3,61,66,71)/t51-,52+/m1/s1. The van der Waals surface area contributed by atoms with Gasteiger partial charge in [0.05, 0.1) is 171 Å². The number of primary amides is 1. The Labute approximate surface area is 511 Å². The average molecular weight is 1250 g/mol. The smallest absolute Gasteiger partial charge is 0.312 e. The third-order valence-corrected chi connectivity index (χ3v) is 14.2. The molecule has 1 aliphatic heterocycles. The van der Waals surface area contributed by atoms with Gasteiger partial charge < -0.3 is 93.9 Å². The summed E-state index contributed by atoms with van der Waals surface area (Å²) in [5, 5.41) is 14.8. The fraction of sp³-hybridized carbons (Fsp3) is 0.712. The number of nitrogens with two attached hydrogens (primary N) is 1. The number of nitrogens with one attached hydrogen (secondary N) is 5. The predicted molar refractivity (Wildman–Crippen MR) is 323 cm³/mol. The highest BCUT2D eigenvalue weighted by atomic mass is 35.5. The number of urea groups is 1. The first kappa shape index (κ1) is 74.8. The van der Waals surface area contributed by atoms with Gasteiger partial charge in [0.2, 0.25) is 11.8 Å². The summed E-state index contributed by atoms with van der Waals surface area (Å²) in [7, 11) is 1.54. The van der Waals surface area contributed by atoms with Gasteiger partial charge in [-0.1, -0.05) is 24.6 Å². The third-order valence-electron chi connectivity index (χ3n) is 12.5. The van der Waals surface area contributed by atoms with E-state index < -0.39 is 6.03 Å². The van der Waals surface area contributed by atoms with Crippen LogP contribution in [-0.2, 0) is 79.4 Å². The van der Waals surface area contributed by atoms with Gasteiger partial charge in [-0.25, -0.2) is 4.79 Å². The van der Waals surface area contributed by atoms with E-state index in [-0.39, 0.29) is 42.7 Å². The highest BCUT2D eigenvalue weighted by Crippen LogP contribution is 2.30. The Morgan fingerprint density at radius 1 is 0.506 bits per heavy atom. The number of rotatable bonds is 57. The van der Waals surface area contributed by atoms with E-state index in [1.54, 1.807) is 30.3 Å². The van der Waals surface area contributed by atoms with Crippen molar-refractivity contribution in [3.05, 3.63) is 64.7 Å². The van der Waals surface area contributed by atoms with Gasteiger partial charge >= 0.3 is 6.03 Å². The number of hydrogen-bond donors (Lipinski definition) is 6. The van der Waals surface area contributed by atoms with Gasteiger partial charge in [-0.2, -0.15) is 11.8 Å². The van der Waals surface area contributed by atoms with Crippen LogP contribution in [0.2, 0.25) is 0 Å². The van der Waals surface area contributed by atoms with Crippen molar-refractivity contribution in [3.63, 3.8) is 0 Å². The monoisotopic (exact) mass is 1240 g/mol. The van der Waals surface area contributed by atoms with E-state index in [4.69, 9.17) is 78.9 Å². The predicted octanol–water partition coefficient (Wildman–Crippen LogP) is 3.84. The van der Waals surface area contributed by atoms with Crippen molar-refractivity contribution in [3.8, 4) is 5.75 Å². The summed E-state index contributed by atoms with van der Waals surface area (Å²) < 4.78 is 71.7. The molecule has 0 bridgehead atoms. The van der Waals surface area contributed by atoms with Gasteiger partial charge in [-0.05, 0) is 73.9 Å². The minimum atomic E-state index is -0.467. The second-order valence-corrected chi connectivity index (χ2v) is 21.0. The normalized spacial score (nSPS) is 13.9. The third kappa shape index (κ3) is 41.4. The zero-order valence-electron chi connectivity index (χ0n) is 50.0. The minimum Gasteiger partial charge on any atom is -0.496 e. The molecule has 1 heterocycles. The minimum absolute atomic E-state index is 0.0334. The van der Waals surface area contributed by atoms with E-state index in [9.17, 15) is 24.0 Å². The molecule has 3 rings (SSSR count). The summed E-state index contributed by atoms with van der Waals surface area (Å²) in [6.07, 6.45) is 6.71. The first-order valence-corrected chi connectivity index (χ1v) is 31.3. The number of halogens is 1. The molecule has 24 nitrogen and oxygen atoms in total. The van der Waals surface area contributed by atoms with E-state index in [1.165, 1.54) is 7.11 Å². The number of carbonyl (C=O) groups excluding carboxylic acids is 5. The molecular weight excluding hydrogens is 1150 g/mol. The van der Waals surface area contributed by atoms with Gasteiger partial charge in [-0.15, -0.1) is 11.6 Å². The molecule has 0 unspecified atom stereocenters. The Bertz CT molecular complexity index is 2040. The molecule has 0 radical (unpaired) electrons. The van der Waals surface area contributed by atoms with Crippen molar-refractivity contribution in [1.82, 2.24) is 26.6 Å². The van der Waals surface area contributed by atoms with Crippen molar-refractivity contribution in [2.45, 2.75) is 75.6 Å². The van der Waals surface area contributed by atoms with Crippen molar-refractivity contribution in [2.24, 2.45) is 5.73 Å². The van der Waals surface area contributed by atoms with Crippen LogP contribution in [0.1, 0.15) is 83.2 Å². The summed E-state index contributed by atoms with van der Waals surface area (Å²) in [5.74, 6) is 1.40. The zero-order valence-corrected chi connectivity index (χ0v) is 51.6. The number of benzene rings is 2. The van der Waals surface area contributed by atoms with Crippen LogP contribution in [0.4, 0.5) is 4.79 Å². The van der Waals surface area contributed by atoms with E-state index in [1.807, 2.05) is 23.9 Å². The second-order valence-electron chi connectivity index (χ2n) is 19.3. The Hall–Kier alpha value is -4.45. The molecule has 484 valence electrons. The number of ether oxygens (including phenoxy) is 13. The lowest BCUT2D eigenvalue weighted by atomic mass is 10.1. The van der Waals surface area contributed by atoms with Gasteiger partial charge in [0.25, 0.3) is 11.8 Å². The molecule has 0 aromatic heterocycles. The second kappa shape index (κ2) is 52.7. The van der Waals surface area contributed by atoms with Gasteiger partial charge in [0.1, 0.15) is 5.75 Å². The summed E-state index contributed by atoms with van der Waals surface area (Å²) in [5.41, 5.74) is 8.07. The van der Waals surface area contributed by atoms with E-state index in [0.717, 1.165) is 55.4 Å². The summed E-state index contributed by atoms with van der Waals surface area (Å²) in [6.45, 7) is 12.1. The largest absolute Gasteiger partial charge is 0.496 e. The number of unbranched alkanes of at least 4 members (excludes halogenated alkanes) is 1. The lowest BCUT2D eigenvalue weighted by Crippen LogP contribution is -2.38. The molecule has 1 saturated heterocycles. The van der Waals surface area contributed by atoms with Crippen LogP contribution in [0.25, 0.3) is 0 Å². The molecule has 26 heteroatoms. The quantitative estimate of drug-likeness (QED) is 0.0405. The molecule has 0 spiro atoms. The maximum Gasteiger partial charge on any atom is 0.312 e. The Morgan fingerprint density at radius 2 is 0.965 bits per heavy atom. The Kier molecular flexibility index (Phi) is 46.3. The summed E-state index contributed by atoms with van der Waals surface area (Å²) in [4.78, 5) is 60.7. The van der Waals surface area contributed by atoms with E-state index in [2.05, 4.69) is 26.6 Å². The van der Waals surface area contributed by atoms with Crippen molar-refractivity contribution < 1.29 is 85.6 Å². The van der Waals surface area contributed by atoms with Gasteiger partial charge in [-0.3, -0.25) is 19.2 Å². The maximum atomic E-state index is 12.7. The van der Waals surface area contributed by atoms with Crippen LogP contribution < -0.4 is 37.1 Å². The van der Waals surface area contributed by atoms with Crippen LogP contribution in [0.5, 0.6) is 5.75 Å². The number of carbonyl (C=O) groups is 5. The summed E-state index contributed by atoms with van der Waals surface area (Å²) in [6, 6.07) is 12.2. The lowest BCUT2D eigenvalue weighted by molar-refractivity contribution is -0.123. The Balaban J connectivity index is 0.935. The van der Waals surface area contributed by atoms with Crippen LogP contribution >= 0.6 is 23.4 Å². The molecule has 85 heavy (non-hydrogen) atoms. The zero-order chi connectivity index (χ0) is 60.9. The first-order chi connectivity index (χ1) is 41.7. The van der Waals surface area contributed by atoms with Crippen LogP contribution in [0.15, 0.2) is 42.5 Å². The number of alkyl halides is 1. The number of methoxy groups -OCH3 is 1. The molecule has 7 N–H and O–H groups in total. The number of aryl methyl sites for hydroxylation is 1. The molecule has 2 aromatic rings. The fourth-order valence-electron chi connectivity index (χ4n) is 8.01. The van der Waals surface area contributed by atoms with Crippen LogP contribution in [0.3, 0.4) is 0 Å². The highest BCUT2D eigenvalue weighted by molar-refractivity contribution is 8.00. The van der Waals surface area contributed by atoms with Crippen molar-refractivity contribution >= 4 is 53.0 Å². The molecule has 2 aromatic carbocycles. The van der Waals surface area contributed by atoms with Crippen LogP contribution in [-0.4, -0.2) is 238 Å². The van der Waals surface area contributed by atoms with Gasteiger partial charge in [0.15, 0.2) is 0 Å². The molecule has 0 aliphatic carbocycles. The fourth-order valence-corrected chi connectivity index (χ4v) is 9.56. The first-order valence-electron chi connectivity index (χ1n) is 29.7. The molecular formula is C59H97ClN6O18S. The lowest BCUT2D eigenvalue weighted by Gasteiger charge is -2.11. The molecule has 1 aliphatic rings. The number of amides is 6. The maximum absolute atomic E-state index is 12.7. The van der Waals surface area contributed by atoms with Crippen molar-refractivity contribution in [2.75, 3.05) is 197 Å². The molecule has 6 amide bonds. The molecule has 0 saturated carbocycles. The number of thioether (sulfide) groups is 1. The summed E-state index contributed by atoms with van der Waals surface area (Å²) >= 11 is 7.65. The Morgan fingerprint density at radius 3 is 1.45 bits per heavy atom. The average Bonchev–Trinajstić information content (AvgIpc) is 4.11. The van der Waals surface area contributed by atoms with Crippen LogP contribution in [0, 0.1) is 0 Å². The SMILES string of the molecule is COc1cc(CCCCl)ccc1C(=O)NCCCNC(=O)c1ccc(CNC(=O)CCOCCOCCOCCOCCOCCOCCOCCOCCOCCOCCOCCOCCNC(=O)CCCC[C@H]2C[C@@H](NC(N)=O)CS2)cc1. The number of hydrogen-bond acceptors (Lipinski definition) is 19. The van der Waals surface area contributed by atoms with Crippen molar-refractivity contribution in [1.29, 1.82) is 0 Å². The van der Waals surface area contributed by atoms with E-state index in [0.29, 0.717) is 219 Å². The van der Waals surface area contributed by atoms with E-state index >= 15 is 0 Å². The highest BCUT2D eigenvalue weighted by Gasteiger charge is 2.25. The topological polar surface area (TPSA) is 292 Å².